The van der Waals surface area contributed by atoms with E-state index in [1.54, 1.807) is 16.8 Å². The summed E-state index contributed by atoms with van der Waals surface area (Å²) in [7, 11) is 0. The molecule has 4 aliphatic rings. The minimum atomic E-state index is -0.995. The van der Waals surface area contributed by atoms with E-state index in [0.29, 0.717) is 62.2 Å². The lowest BCUT2D eigenvalue weighted by Crippen LogP contribution is -2.58. The first kappa shape index (κ1) is 56.9. The van der Waals surface area contributed by atoms with E-state index in [-0.39, 0.29) is 102 Å². The summed E-state index contributed by atoms with van der Waals surface area (Å²) in [6, 6.07) is 13.4. The fourth-order valence-electron chi connectivity index (χ4n) is 11.9. The number of fused-ring (bicyclic) bond motifs is 4. The van der Waals surface area contributed by atoms with Gasteiger partial charge in [0.25, 0.3) is 0 Å². The SMILES string of the molecule is C#Cc1c(F)ccc2cc(O)cc(-c3ncc4c(N5CC6CCC(C5)N6)nc(OC[C@@H]5[C@@H](C#N)CCN5CCCOCCC(=O)N[C@H](C(=O)N5C[C@H](O)C[C@H]5C(=O)N[C@@H](C)c5ccc(-c6scnc6C)cc5)C(C)(C)C)nc4c3F)c12. The lowest BCUT2D eigenvalue weighted by molar-refractivity contribution is -0.144. The number of nitrogens with zero attached hydrogens (tertiary/aromatic N) is 8. The minimum Gasteiger partial charge on any atom is -0.508 e. The van der Waals surface area contributed by atoms with Gasteiger partial charge < -0.3 is 45.4 Å². The number of rotatable bonds is 18. The third kappa shape index (κ3) is 12.1. The molecule has 0 aliphatic carbocycles. The Balaban J connectivity index is 0.753. The van der Waals surface area contributed by atoms with Crippen LogP contribution in [0.2, 0.25) is 0 Å². The van der Waals surface area contributed by atoms with Gasteiger partial charge in [-0.2, -0.15) is 15.2 Å². The summed E-state index contributed by atoms with van der Waals surface area (Å²) in [4.78, 5) is 66.5. The van der Waals surface area contributed by atoms with Crippen LogP contribution in [0, 0.1) is 53.6 Å². The molecule has 81 heavy (non-hydrogen) atoms. The number of carbonyl (C=O) groups excluding carboxylic acids is 3. The number of aliphatic hydroxyl groups excluding tert-OH is 1. The van der Waals surface area contributed by atoms with E-state index in [1.807, 2.05) is 58.9 Å². The molecular weight excluding hydrogens is 1060 g/mol. The van der Waals surface area contributed by atoms with Gasteiger partial charge in [0, 0.05) is 74.9 Å². The third-order valence-corrected chi connectivity index (χ3v) is 17.1. The molecule has 0 saturated carbocycles. The molecule has 3 aromatic heterocycles. The van der Waals surface area contributed by atoms with Crippen LogP contribution in [-0.4, -0.2) is 147 Å². The van der Waals surface area contributed by atoms with Crippen molar-refractivity contribution in [1.29, 1.82) is 5.26 Å². The molecule has 3 aromatic carbocycles. The number of carbonyl (C=O) groups is 3. The predicted molar refractivity (Wildman–Crippen MR) is 303 cm³/mol. The number of pyridine rings is 1. The number of phenolic OH excluding ortho intramolecular Hbond substituents is 1. The molecule has 0 spiro atoms. The van der Waals surface area contributed by atoms with Crippen molar-refractivity contribution in [2.24, 2.45) is 11.3 Å². The Kier molecular flexibility index (Phi) is 16.8. The number of piperazine rings is 1. The van der Waals surface area contributed by atoms with Gasteiger partial charge in [0.15, 0.2) is 5.82 Å². The number of halogens is 2. The van der Waals surface area contributed by atoms with Crippen LogP contribution in [0.5, 0.6) is 11.8 Å². The van der Waals surface area contributed by atoms with Crippen LogP contribution in [0.25, 0.3) is 43.4 Å². The number of anilines is 1. The van der Waals surface area contributed by atoms with E-state index in [9.17, 15) is 29.9 Å². The van der Waals surface area contributed by atoms with E-state index in [2.05, 4.69) is 52.7 Å². The first-order valence-corrected chi connectivity index (χ1v) is 28.5. The fraction of sp³-hybridized carbons (Fsp3) is 0.467. The summed E-state index contributed by atoms with van der Waals surface area (Å²) in [5.41, 5.74) is 3.64. The summed E-state index contributed by atoms with van der Waals surface area (Å²) >= 11 is 1.56. The van der Waals surface area contributed by atoms with Gasteiger partial charge in [-0.15, -0.1) is 17.8 Å². The molecule has 18 nitrogen and oxygen atoms in total. The first-order valence-electron chi connectivity index (χ1n) is 27.6. The molecule has 2 bridgehead atoms. The van der Waals surface area contributed by atoms with Crippen LogP contribution in [0.3, 0.4) is 0 Å². The zero-order valence-electron chi connectivity index (χ0n) is 46.0. The van der Waals surface area contributed by atoms with E-state index >= 15 is 8.78 Å². The van der Waals surface area contributed by atoms with Crippen LogP contribution in [0.4, 0.5) is 14.6 Å². The number of aliphatic hydroxyl groups is 1. The molecule has 0 radical (unpaired) electrons. The maximum absolute atomic E-state index is 17.2. The standard InChI is InChI=1S/C60H67F2N11O7S/c1-7-43-46(61)16-13-37-23-41(74)24-44(50(37)43)52-51(62)53-45(27-64-52)56(72-28-39-14-15-40(29-72)67-39)70-59(69-53)80-31-48-38(26-63)17-20-71(48)19-8-21-79-22-18-49(76)68-55(60(4,5)6)58(78)73-30-42(75)25-47(73)57(77)66-33(2)35-9-11-36(12-10-35)54-34(3)65-32-81-54/h1,9-13,16,23-24,27,32-33,38-40,42,47-48,55,67,74-75H,8,14-15,17-22,25,28-31H2,2-6H3,(H,66,77)(H,68,76)/t33-,38+,39?,40?,42+,47-,48+,55+/m0/s1. The number of aromatic nitrogens is 4. The maximum atomic E-state index is 17.2. The smallest absolute Gasteiger partial charge is 0.319 e. The van der Waals surface area contributed by atoms with Crippen LogP contribution < -0.4 is 25.6 Å². The Hall–Kier alpha value is -7.40. The zero-order valence-corrected chi connectivity index (χ0v) is 46.9. The summed E-state index contributed by atoms with van der Waals surface area (Å²) in [6.45, 7) is 12.1. The molecule has 8 atom stereocenters. The second-order valence-electron chi connectivity index (χ2n) is 22.8. The molecule has 3 amide bonds. The first-order chi connectivity index (χ1) is 38.9. The molecule has 6 aromatic rings. The Labute approximate surface area is 473 Å². The topological polar surface area (TPSA) is 231 Å². The number of hydrogen-bond donors (Lipinski definition) is 5. The van der Waals surface area contributed by atoms with Crippen LogP contribution in [0.1, 0.15) is 89.1 Å². The highest BCUT2D eigenvalue weighted by Crippen LogP contribution is 2.40. The lowest BCUT2D eigenvalue weighted by atomic mass is 9.85. The van der Waals surface area contributed by atoms with Crippen LogP contribution in [0.15, 0.2) is 60.2 Å². The summed E-state index contributed by atoms with van der Waals surface area (Å²) in [5, 5.41) is 42.2. The molecule has 2 unspecified atom stereocenters. The number of benzene rings is 3. The van der Waals surface area contributed by atoms with Gasteiger partial charge in [0.2, 0.25) is 17.7 Å². The predicted octanol–water partition coefficient (Wildman–Crippen LogP) is 6.94. The molecule has 7 heterocycles. The lowest BCUT2D eigenvalue weighted by Gasteiger charge is -2.35. The number of thiazole rings is 1. The summed E-state index contributed by atoms with van der Waals surface area (Å²) in [6.07, 6.45) is 9.50. The Bertz CT molecular complexity index is 3420. The highest BCUT2D eigenvalue weighted by Gasteiger charge is 2.45. The number of nitrogens with one attached hydrogen (secondary N) is 3. The number of nitriles is 1. The van der Waals surface area contributed by atoms with Crippen molar-refractivity contribution in [2.45, 2.75) is 115 Å². The quantitative estimate of drug-likeness (QED) is 0.0434. The molecule has 10 rings (SSSR count). The minimum absolute atomic E-state index is 0.0241. The van der Waals surface area contributed by atoms with Crippen LogP contribution >= 0.6 is 11.3 Å². The van der Waals surface area contributed by atoms with E-state index < -0.39 is 53.0 Å². The zero-order chi connectivity index (χ0) is 57.3. The Morgan fingerprint density at radius 1 is 1.01 bits per heavy atom. The average Bonchev–Trinajstić information content (AvgIpc) is 4.23. The third-order valence-electron chi connectivity index (χ3n) is 16.1. The van der Waals surface area contributed by atoms with Gasteiger partial charge >= 0.3 is 6.01 Å². The molecule has 4 saturated heterocycles. The molecule has 4 fully saturated rings. The molecule has 21 heteroatoms. The monoisotopic (exact) mass is 1120 g/mol. The molecule has 424 valence electrons. The molecule has 4 aliphatic heterocycles. The second-order valence-corrected chi connectivity index (χ2v) is 23.6. The van der Waals surface area contributed by atoms with Gasteiger partial charge in [-0.25, -0.2) is 13.8 Å². The average molecular weight is 1120 g/mol. The number of likely N-dealkylation sites (tertiary alicyclic amines) is 2. The molecule has 5 N–H and O–H groups in total. The van der Waals surface area contributed by atoms with Crippen LogP contribution in [-0.2, 0) is 19.1 Å². The van der Waals surface area contributed by atoms with E-state index in [0.717, 1.165) is 34.5 Å². The number of aromatic hydroxyl groups is 1. The summed E-state index contributed by atoms with van der Waals surface area (Å²) < 4.78 is 44.6. The van der Waals surface area contributed by atoms with Gasteiger partial charge in [-0.05, 0) is 86.2 Å². The Morgan fingerprint density at radius 2 is 1.78 bits per heavy atom. The molecular formula is C60H67F2N11O7S. The van der Waals surface area contributed by atoms with Gasteiger partial charge in [-0.1, -0.05) is 57.0 Å². The fourth-order valence-corrected chi connectivity index (χ4v) is 12.7. The number of ether oxygens (including phenoxy) is 2. The highest BCUT2D eigenvalue weighted by atomic mass is 32.1. The van der Waals surface area contributed by atoms with Gasteiger partial charge in [0.1, 0.15) is 47.3 Å². The maximum Gasteiger partial charge on any atom is 0.319 e. The Morgan fingerprint density at radius 3 is 2.48 bits per heavy atom. The van der Waals surface area contributed by atoms with E-state index in [4.69, 9.17) is 20.9 Å². The van der Waals surface area contributed by atoms with E-state index in [1.165, 1.54) is 35.4 Å². The van der Waals surface area contributed by atoms with Crippen molar-refractivity contribution in [3.05, 3.63) is 88.7 Å². The summed E-state index contributed by atoms with van der Waals surface area (Å²) in [5.74, 6) is -0.512. The van der Waals surface area contributed by atoms with Crippen molar-refractivity contribution >= 4 is 56.6 Å². The normalized spacial score (nSPS) is 21.7. The number of β-amino-alcohol motifs (C(OH)–C–C–N with tert-alkyl or cyclic N) is 1. The number of phenols is 1. The van der Waals surface area contributed by atoms with Gasteiger partial charge in [-0.3, -0.25) is 24.3 Å². The van der Waals surface area contributed by atoms with Crippen molar-refractivity contribution in [1.82, 2.24) is 45.7 Å². The van der Waals surface area contributed by atoms with Crippen molar-refractivity contribution in [3.8, 4) is 51.9 Å². The van der Waals surface area contributed by atoms with Crippen molar-refractivity contribution in [2.75, 3.05) is 57.4 Å². The largest absolute Gasteiger partial charge is 0.508 e. The second kappa shape index (κ2) is 24.0. The number of amides is 3. The number of hydrogen-bond acceptors (Lipinski definition) is 16. The van der Waals surface area contributed by atoms with Gasteiger partial charge in [0.05, 0.1) is 63.8 Å². The number of terminal acetylenes is 1. The van der Waals surface area contributed by atoms with Crippen molar-refractivity contribution in [3.63, 3.8) is 0 Å². The van der Waals surface area contributed by atoms with Crippen molar-refractivity contribution < 1.29 is 42.9 Å². The number of aryl methyl sites for hydroxylation is 1. The highest BCUT2D eigenvalue weighted by molar-refractivity contribution is 7.13.